The molecule has 0 aromatic heterocycles. The molecule has 0 radical (unpaired) electrons. The lowest BCUT2D eigenvalue weighted by Gasteiger charge is -2.31. The number of methoxy groups -OCH3 is 1. The molecule has 1 rings (SSSR count). The third-order valence-corrected chi connectivity index (χ3v) is 2.61. The summed E-state index contributed by atoms with van der Waals surface area (Å²) in [5.74, 6) is -1.26. The Kier molecular flexibility index (Phi) is 4.06. The van der Waals surface area contributed by atoms with Crippen LogP contribution >= 0.6 is 0 Å². The summed E-state index contributed by atoms with van der Waals surface area (Å²) in [6.07, 6.45) is 0. The molecule has 0 aliphatic carbocycles. The molecule has 1 aromatic rings. The topological polar surface area (TPSA) is 47.3 Å². The molecular formula is C12H18F2N2O. The molecule has 1 atom stereocenters. The number of nitrogens with two attached hydrogens (primary N) is 1. The molecule has 3 nitrogen and oxygen atoms in total. The molecule has 0 amide bonds. The van der Waals surface area contributed by atoms with Gasteiger partial charge in [-0.3, -0.25) is 0 Å². The van der Waals surface area contributed by atoms with Crippen LogP contribution in [-0.4, -0.2) is 19.7 Å². The fourth-order valence-electron chi connectivity index (χ4n) is 1.85. The van der Waals surface area contributed by atoms with Crippen LogP contribution in [0.4, 0.5) is 8.78 Å². The molecule has 0 saturated heterocycles. The maximum Gasteiger partial charge on any atom is 0.165 e. The highest BCUT2D eigenvalue weighted by Crippen LogP contribution is 2.29. The Bertz CT molecular complexity index is 402. The zero-order valence-corrected chi connectivity index (χ0v) is 10.5. The summed E-state index contributed by atoms with van der Waals surface area (Å²) in [5.41, 5.74) is 5.41. The van der Waals surface area contributed by atoms with E-state index >= 15 is 0 Å². The lowest BCUT2D eigenvalue weighted by atomic mass is 9.89. The van der Waals surface area contributed by atoms with E-state index in [-0.39, 0.29) is 11.3 Å². The van der Waals surface area contributed by atoms with Crippen LogP contribution in [0.25, 0.3) is 0 Å². The molecule has 0 aliphatic heterocycles. The summed E-state index contributed by atoms with van der Waals surface area (Å²) in [4.78, 5) is 0. The lowest BCUT2D eigenvalue weighted by Crippen LogP contribution is -2.45. The van der Waals surface area contributed by atoms with Gasteiger partial charge in [0.15, 0.2) is 11.6 Å². The first-order valence-corrected chi connectivity index (χ1v) is 5.30. The van der Waals surface area contributed by atoms with E-state index in [2.05, 4.69) is 5.32 Å². The lowest BCUT2D eigenvalue weighted by molar-refractivity contribution is 0.350. The molecule has 0 aliphatic rings. The predicted molar refractivity (Wildman–Crippen MR) is 63.0 cm³/mol. The summed E-state index contributed by atoms with van der Waals surface area (Å²) in [6.45, 7) is 3.49. The number of hydrogen-bond donors (Lipinski definition) is 2. The van der Waals surface area contributed by atoms with Gasteiger partial charge in [-0.2, -0.15) is 0 Å². The number of likely N-dealkylation sites (N-methyl/N-ethyl adjacent to an activating group) is 1. The maximum absolute atomic E-state index is 13.8. The Morgan fingerprint density at radius 2 is 1.88 bits per heavy atom. The number of ether oxygens (including phenoxy) is 1. The van der Waals surface area contributed by atoms with Crippen LogP contribution in [0.2, 0.25) is 0 Å². The maximum atomic E-state index is 13.8. The van der Waals surface area contributed by atoms with Crippen LogP contribution < -0.4 is 15.8 Å². The Morgan fingerprint density at radius 3 is 2.29 bits per heavy atom. The third-order valence-electron chi connectivity index (χ3n) is 2.61. The number of benzene rings is 1. The molecular weight excluding hydrogens is 226 g/mol. The van der Waals surface area contributed by atoms with E-state index in [1.165, 1.54) is 7.11 Å². The van der Waals surface area contributed by atoms with Crippen molar-refractivity contribution in [3.05, 3.63) is 29.3 Å². The van der Waals surface area contributed by atoms with Crippen LogP contribution in [0.1, 0.15) is 25.5 Å². The molecule has 1 aromatic carbocycles. The van der Waals surface area contributed by atoms with Crippen molar-refractivity contribution in [2.24, 2.45) is 5.73 Å². The van der Waals surface area contributed by atoms with E-state index in [0.717, 1.165) is 12.1 Å². The first-order valence-electron chi connectivity index (χ1n) is 5.30. The second kappa shape index (κ2) is 4.98. The molecule has 0 bridgehead atoms. The first-order chi connectivity index (χ1) is 7.81. The van der Waals surface area contributed by atoms with Gasteiger partial charge in [-0.05, 0) is 27.0 Å². The van der Waals surface area contributed by atoms with Gasteiger partial charge in [0, 0.05) is 17.2 Å². The molecule has 17 heavy (non-hydrogen) atoms. The van der Waals surface area contributed by atoms with Gasteiger partial charge < -0.3 is 15.8 Å². The summed E-state index contributed by atoms with van der Waals surface area (Å²) in [7, 11) is 2.95. The van der Waals surface area contributed by atoms with Crippen LogP contribution in [0.5, 0.6) is 5.75 Å². The minimum atomic E-state index is -0.712. The average molecular weight is 244 g/mol. The van der Waals surface area contributed by atoms with Gasteiger partial charge >= 0.3 is 0 Å². The summed E-state index contributed by atoms with van der Waals surface area (Å²) >= 11 is 0. The van der Waals surface area contributed by atoms with Crippen molar-refractivity contribution < 1.29 is 13.5 Å². The summed E-state index contributed by atoms with van der Waals surface area (Å²) < 4.78 is 32.1. The molecule has 0 heterocycles. The van der Waals surface area contributed by atoms with E-state index in [4.69, 9.17) is 10.5 Å². The highest BCUT2D eigenvalue weighted by molar-refractivity contribution is 5.34. The predicted octanol–water partition coefficient (Wildman–Crippen LogP) is 1.97. The van der Waals surface area contributed by atoms with Crippen molar-refractivity contribution in [2.45, 2.75) is 25.4 Å². The summed E-state index contributed by atoms with van der Waals surface area (Å²) in [6, 6.07) is 1.66. The number of halogens is 2. The molecule has 5 heteroatoms. The zero-order valence-electron chi connectivity index (χ0n) is 10.5. The minimum absolute atomic E-state index is 0.115. The van der Waals surface area contributed by atoms with Gasteiger partial charge in [-0.25, -0.2) is 8.78 Å². The van der Waals surface area contributed by atoms with E-state index < -0.39 is 23.2 Å². The Hall–Kier alpha value is -1.20. The van der Waals surface area contributed by atoms with E-state index in [9.17, 15) is 8.78 Å². The van der Waals surface area contributed by atoms with Crippen LogP contribution in [0, 0.1) is 11.6 Å². The number of hydrogen-bond acceptors (Lipinski definition) is 3. The second-order valence-corrected chi connectivity index (χ2v) is 4.55. The molecule has 1 unspecified atom stereocenters. The SMILES string of the molecule is CNC(c1cc(F)c(OC)cc1F)C(C)(C)N. The van der Waals surface area contributed by atoms with Crippen molar-refractivity contribution in [3.63, 3.8) is 0 Å². The van der Waals surface area contributed by atoms with Crippen molar-refractivity contribution in [1.29, 1.82) is 0 Å². The van der Waals surface area contributed by atoms with Gasteiger partial charge in [-0.1, -0.05) is 0 Å². The molecule has 3 N–H and O–H groups in total. The zero-order chi connectivity index (χ0) is 13.2. The van der Waals surface area contributed by atoms with Gasteiger partial charge in [0.05, 0.1) is 13.2 Å². The minimum Gasteiger partial charge on any atom is -0.494 e. The van der Waals surface area contributed by atoms with E-state index in [1.54, 1.807) is 20.9 Å². The molecule has 96 valence electrons. The highest BCUT2D eigenvalue weighted by Gasteiger charge is 2.28. The Labute approximate surface area is 100.0 Å². The van der Waals surface area contributed by atoms with Crippen molar-refractivity contribution in [1.82, 2.24) is 5.32 Å². The van der Waals surface area contributed by atoms with E-state index in [0.29, 0.717) is 0 Å². The van der Waals surface area contributed by atoms with Gasteiger partial charge in [0.1, 0.15) is 5.82 Å². The Balaban J connectivity index is 3.26. The highest BCUT2D eigenvalue weighted by atomic mass is 19.1. The van der Waals surface area contributed by atoms with Crippen LogP contribution in [-0.2, 0) is 0 Å². The number of rotatable bonds is 4. The standard InChI is InChI=1S/C12H18F2N2O/c1-12(2,15)11(16-3)7-5-9(14)10(17-4)6-8(7)13/h5-6,11,16H,15H2,1-4H3. The third kappa shape index (κ3) is 2.92. The fourth-order valence-corrected chi connectivity index (χ4v) is 1.85. The fraction of sp³-hybridized carbons (Fsp3) is 0.500. The van der Waals surface area contributed by atoms with Crippen molar-refractivity contribution >= 4 is 0 Å². The van der Waals surface area contributed by atoms with Crippen molar-refractivity contribution in [2.75, 3.05) is 14.2 Å². The smallest absolute Gasteiger partial charge is 0.165 e. The average Bonchev–Trinajstić information content (AvgIpc) is 2.21. The molecule has 0 fully saturated rings. The monoisotopic (exact) mass is 244 g/mol. The number of nitrogens with one attached hydrogen (secondary N) is 1. The largest absolute Gasteiger partial charge is 0.494 e. The quantitative estimate of drug-likeness (QED) is 0.851. The van der Waals surface area contributed by atoms with Gasteiger partial charge in [0.25, 0.3) is 0 Å². The Morgan fingerprint density at radius 1 is 1.29 bits per heavy atom. The van der Waals surface area contributed by atoms with E-state index in [1.807, 2.05) is 0 Å². The summed E-state index contributed by atoms with van der Waals surface area (Å²) in [5, 5.41) is 2.89. The first kappa shape index (κ1) is 13.9. The van der Waals surface area contributed by atoms with Gasteiger partial charge in [-0.15, -0.1) is 0 Å². The molecule has 0 spiro atoms. The van der Waals surface area contributed by atoms with Gasteiger partial charge in [0.2, 0.25) is 0 Å². The second-order valence-electron chi connectivity index (χ2n) is 4.55. The van der Waals surface area contributed by atoms with Crippen LogP contribution in [0.3, 0.4) is 0 Å². The van der Waals surface area contributed by atoms with Crippen LogP contribution in [0.15, 0.2) is 12.1 Å². The van der Waals surface area contributed by atoms with Crippen molar-refractivity contribution in [3.8, 4) is 5.75 Å². The molecule has 0 saturated carbocycles. The normalized spacial score (nSPS) is 13.6.